The molecule has 8 heteroatoms. The van der Waals surface area contributed by atoms with Gasteiger partial charge in [-0.1, -0.05) is 29.8 Å². The maximum Gasteiger partial charge on any atom is 0.416 e. The van der Waals surface area contributed by atoms with E-state index < -0.39 is 17.6 Å². The van der Waals surface area contributed by atoms with E-state index in [-0.39, 0.29) is 5.69 Å². The van der Waals surface area contributed by atoms with Gasteiger partial charge in [-0.15, -0.1) is 11.3 Å². The third-order valence-corrected chi connectivity index (χ3v) is 5.10. The molecule has 4 rings (SSSR count). The Bertz CT molecular complexity index is 1140. The molecule has 0 saturated heterocycles. The largest absolute Gasteiger partial charge is 0.416 e. The van der Waals surface area contributed by atoms with Gasteiger partial charge in [0.05, 0.1) is 11.3 Å². The van der Waals surface area contributed by atoms with Crippen molar-refractivity contribution in [2.75, 3.05) is 5.32 Å². The van der Waals surface area contributed by atoms with Crippen molar-refractivity contribution >= 4 is 27.9 Å². The van der Waals surface area contributed by atoms with E-state index >= 15 is 0 Å². The summed E-state index contributed by atoms with van der Waals surface area (Å²) in [6, 6.07) is 12.2. The number of carbonyl (C=O) groups is 1. The molecule has 0 aliphatic rings. The minimum absolute atomic E-state index is 0.288. The molecule has 0 bridgehead atoms. The number of benzene rings is 2. The number of amides is 1. The van der Waals surface area contributed by atoms with E-state index in [1.54, 1.807) is 16.0 Å². The van der Waals surface area contributed by atoms with Crippen molar-refractivity contribution in [2.24, 2.45) is 0 Å². The molecular weight excluding hydrogens is 387 g/mol. The van der Waals surface area contributed by atoms with Crippen LogP contribution in [0.25, 0.3) is 16.2 Å². The van der Waals surface area contributed by atoms with E-state index in [1.165, 1.54) is 23.5 Å². The summed E-state index contributed by atoms with van der Waals surface area (Å²) in [5.74, 6) is -0.418. The highest BCUT2D eigenvalue weighted by Crippen LogP contribution is 2.30. The van der Waals surface area contributed by atoms with Gasteiger partial charge in [-0.25, -0.2) is 4.98 Å². The Morgan fingerprint density at radius 3 is 2.39 bits per heavy atom. The topological polar surface area (TPSA) is 46.4 Å². The average Bonchev–Trinajstić information content (AvgIpc) is 3.22. The smallest absolute Gasteiger partial charge is 0.321 e. The number of nitrogens with zero attached hydrogens (tertiary/aromatic N) is 2. The number of hydrogen-bond donors (Lipinski definition) is 1. The molecule has 28 heavy (non-hydrogen) atoms. The molecule has 1 N–H and O–H groups in total. The predicted octanol–water partition coefficient (Wildman–Crippen LogP) is 5.64. The van der Waals surface area contributed by atoms with Crippen LogP contribution in [0, 0.1) is 6.92 Å². The number of anilines is 1. The molecule has 0 unspecified atom stereocenters. The zero-order valence-corrected chi connectivity index (χ0v) is 15.4. The van der Waals surface area contributed by atoms with Gasteiger partial charge in [0.25, 0.3) is 5.91 Å². The summed E-state index contributed by atoms with van der Waals surface area (Å²) in [5.41, 5.74) is 2.72. The Labute approximate surface area is 162 Å². The summed E-state index contributed by atoms with van der Waals surface area (Å²) >= 11 is 1.32. The van der Waals surface area contributed by atoms with Crippen LogP contribution in [-0.4, -0.2) is 15.3 Å². The molecule has 0 aliphatic heterocycles. The lowest BCUT2D eigenvalue weighted by atomic mass is 10.1. The van der Waals surface area contributed by atoms with Gasteiger partial charge in [-0.05, 0) is 31.2 Å². The zero-order valence-electron chi connectivity index (χ0n) is 14.6. The first-order valence-corrected chi connectivity index (χ1v) is 9.21. The number of rotatable bonds is 3. The second kappa shape index (κ2) is 6.79. The highest BCUT2D eigenvalue weighted by molar-refractivity contribution is 7.15. The second-order valence-corrected chi connectivity index (χ2v) is 7.13. The van der Waals surface area contributed by atoms with Crippen molar-refractivity contribution in [1.82, 2.24) is 9.38 Å². The summed E-state index contributed by atoms with van der Waals surface area (Å²) in [4.78, 5) is 17.8. The van der Waals surface area contributed by atoms with Gasteiger partial charge in [-0.2, -0.15) is 13.2 Å². The molecule has 2 aromatic heterocycles. The Morgan fingerprint density at radius 2 is 1.75 bits per heavy atom. The van der Waals surface area contributed by atoms with Gasteiger partial charge < -0.3 is 5.32 Å². The molecular formula is C20H14F3N3OS. The lowest BCUT2D eigenvalue weighted by Crippen LogP contribution is -2.14. The first-order chi connectivity index (χ1) is 13.3. The van der Waals surface area contributed by atoms with Crippen LogP contribution in [0.1, 0.15) is 21.6 Å². The van der Waals surface area contributed by atoms with E-state index in [0.717, 1.165) is 29.0 Å². The highest BCUT2D eigenvalue weighted by atomic mass is 32.1. The number of thiazole rings is 1. The van der Waals surface area contributed by atoms with Crippen molar-refractivity contribution in [1.29, 1.82) is 0 Å². The lowest BCUT2D eigenvalue weighted by Gasteiger charge is -2.08. The number of hydrogen-bond acceptors (Lipinski definition) is 3. The highest BCUT2D eigenvalue weighted by Gasteiger charge is 2.30. The predicted molar refractivity (Wildman–Crippen MR) is 103 cm³/mol. The van der Waals surface area contributed by atoms with Gasteiger partial charge in [0.15, 0.2) is 4.96 Å². The third-order valence-electron chi connectivity index (χ3n) is 4.26. The van der Waals surface area contributed by atoms with E-state index in [9.17, 15) is 18.0 Å². The average molecular weight is 401 g/mol. The van der Waals surface area contributed by atoms with Crippen LogP contribution in [-0.2, 0) is 6.18 Å². The van der Waals surface area contributed by atoms with Crippen LogP contribution in [0.5, 0.6) is 0 Å². The van der Waals surface area contributed by atoms with Crippen LogP contribution in [0.4, 0.5) is 18.9 Å². The van der Waals surface area contributed by atoms with Gasteiger partial charge in [0, 0.05) is 22.8 Å². The molecule has 4 aromatic rings. The third kappa shape index (κ3) is 3.50. The molecule has 2 heterocycles. The number of aryl methyl sites for hydroxylation is 1. The van der Waals surface area contributed by atoms with E-state index in [2.05, 4.69) is 10.3 Å². The fourth-order valence-electron chi connectivity index (χ4n) is 2.75. The molecule has 4 nitrogen and oxygen atoms in total. The number of fused-ring (bicyclic) bond motifs is 1. The molecule has 0 atom stereocenters. The summed E-state index contributed by atoms with van der Waals surface area (Å²) in [7, 11) is 0. The first kappa shape index (κ1) is 18.2. The standard InChI is InChI=1S/C20H14F3N3OS/c1-12-2-4-13(5-3-12)16-10-26-17(11-28-19(26)25-16)18(27)24-15-8-6-14(7-9-15)20(21,22)23/h2-11H,1H3,(H,24,27). The van der Waals surface area contributed by atoms with Crippen molar-refractivity contribution in [3.05, 3.63) is 76.9 Å². The van der Waals surface area contributed by atoms with E-state index in [1.807, 2.05) is 31.2 Å². The molecule has 142 valence electrons. The maximum atomic E-state index is 12.6. The van der Waals surface area contributed by atoms with Crippen LogP contribution < -0.4 is 5.32 Å². The maximum absolute atomic E-state index is 12.6. The van der Waals surface area contributed by atoms with Crippen LogP contribution in [0.15, 0.2) is 60.1 Å². The minimum atomic E-state index is -4.41. The number of carbonyl (C=O) groups excluding carboxylic acids is 1. The molecule has 0 saturated carbocycles. The normalized spacial score (nSPS) is 11.7. The van der Waals surface area contributed by atoms with Crippen LogP contribution in [0.3, 0.4) is 0 Å². The Morgan fingerprint density at radius 1 is 1.07 bits per heavy atom. The van der Waals surface area contributed by atoms with Gasteiger partial charge in [0.1, 0.15) is 5.69 Å². The fraction of sp³-hybridized carbons (Fsp3) is 0.100. The van der Waals surface area contributed by atoms with E-state index in [4.69, 9.17) is 0 Å². The molecule has 0 fully saturated rings. The van der Waals surface area contributed by atoms with Crippen LogP contribution in [0.2, 0.25) is 0 Å². The van der Waals surface area contributed by atoms with Crippen LogP contribution >= 0.6 is 11.3 Å². The SMILES string of the molecule is Cc1ccc(-c2cn3c(C(=O)Nc4ccc(C(F)(F)F)cc4)csc3n2)cc1. The molecule has 0 spiro atoms. The van der Waals surface area contributed by atoms with Crippen molar-refractivity contribution in [3.63, 3.8) is 0 Å². The summed E-state index contributed by atoms with van der Waals surface area (Å²) < 4.78 is 39.6. The quantitative estimate of drug-likeness (QED) is 0.483. The van der Waals surface area contributed by atoms with Gasteiger partial charge in [-0.3, -0.25) is 9.20 Å². The Kier molecular flexibility index (Phi) is 4.43. The van der Waals surface area contributed by atoms with Crippen molar-refractivity contribution in [2.45, 2.75) is 13.1 Å². The number of imidazole rings is 1. The summed E-state index contributed by atoms with van der Waals surface area (Å²) in [5, 5.41) is 4.29. The Balaban J connectivity index is 1.58. The molecule has 0 radical (unpaired) electrons. The van der Waals surface area contributed by atoms with Gasteiger partial charge in [0.2, 0.25) is 0 Å². The minimum Gasteiger partial charge on any atom is -0.321 e. The number of halogens is 3. The zero-order chi connectivity index (χ0) is 19.9. The second-order valence-electron chi connectivity index (χ2n) is 6.29. The Hall–Kier alpha value is -3.13. The lowest BCUT2D eigenvalue weighted by molar-refractivity contribution is -0.137. The van der Waals surface area contributed by atoms with Crippen molar-refractivity contribution < 1.29 is 18.0 Å². The monoisotopic (exact) mass is 401 g/mol. The number of nitrogens with one attached hydrogen (secondary N) is 1. The summed E-state index contributed by atoms with van der Waals surface area (Å²) in [6.45, 7) is 2.00. The first-order valence-electron chi connectivity index (χ1n) is 8.33. The molecule has 2 aromatic carbocycles. The van der Waals surface area contributed by atoms with E-state index in [0.29, 0.717) is 10.7 Å². The summed E-state index contributed by atoms with van der Waals surface area (Å²) in [6.07, 6.45) is -2.64. The fourth-order valence-corrected chi connectivity index (χ4v) is 3.60. The molecule has 1 amide bonds. The van der Waals surface area contributed by atoms with Crippen molar-refractivity contribution in [3.8, 4) is 11.3 Å². The number of alkyl halides is 3. The molecule has 0 aliphatic carbocycles. The number of aromatic nitrogens is 2. The van der Waals surface area contributed by atoms with Gasteiger partial charge >= 0.3 is 6.18 Å².